The Morgan fingerprint density at radius 1 is 1.25 bits per heavy atom. The highest BCUT2D eigenvalue weighted by molar-refractivity contribution is 5.83. The largest absolute Gasteiger partial charge is 0.480 e. The highest BCUT2D eigenvalue weighted by atomic mass is 16.4. The number of carbonyl (C=O) groups excluding carboxylic acids is 2. The Morgan fingerprint density at radius 3 is 2.10 bits per heavy atom. The molecule has 1 aliphatic heterocycles. The van der Waals surface area contributed by atoms with Crippen molar-refractivity contribution < 1.29 is 19.5 Å². The van der Waals surface area contributed by atoms with Crippen molar-refractivity contribution in [3.63, 3.8) is 0 Å². The van der Waals surface area contributed by atoms with Gasteiger partial charge in [-0.3, -0.25) is 4.79 Å². The molecule has 1 saturated heterocycles. The van der Waals surface area contributed by atoms with Crippen LogP contribution in [-0.2, 0) is 9.59 Å². The highest BCUT2D eigenvalue weighted by Crippen LogP contribution is 2.21. The molecule has 0 saturated carbocycles. The molecule has 1 atom stereocenters. The summed E-state index contributed by atoms with van der Waals surface area (Å²) in [5.74, 6) is -1.60. The molecule has 1 rings (SSSR count). The van der Waals surface area contributed by atoms with Gasteiger partial charge in [-0.05, 0) is 18.3 Å². The van der Waals surface area contributed by atoms with Crippen molar-refractivity contribution in [2.24, 2.45) is 17.1 Å². The van der Waals surface area contributed by atoms with Gasteiger partial charge in [0.05, 0.1) is 0 Å². The van der Waals surface area contributed by atoms with E-state index in [-0.39, 0.29) is 11.8 Å². The first-order valence-electron chi connectivity index (χ1n) is 6.70. The summed E-state index contributed by atoms with van der Waals surface area (Å²) in [6.07, 6.45) is 1.05. The minimum atomic E-state index is -1.06. The Bertz CT molecular complexity index is 395. The molecule has 0 aliphatic carbocycles. The molecule has 0 aromatic heterocycles. The van der Waals surface area contributed by atoms with E-state index < -0.39 is 23.5 Å². The maximum Gasteiger partial charge on any atom is 0.326 e. The van der Waals surface area contributed by atoms with Gasteiger partial charge >= 0.3 is 12.0 Å². The van der Waals surface area contributed by atoms with Gasteiger partial charge in [-0.25, -0.2) is 9.59 Å². The second-order valence-electron chi connectivity index (χ2n) is 6.25. The molecule has 1 aliphatic rings. The van der Waals surface area contributed by atoms with Crippen molar-refractivity contribution in [2.45, 2.75) is 39.7 Å². The molecule has 7 heteroatoms. The van der Waals surface area contributed by atoms with Crippen LogP contribution in [0.1, 0.15) is 33.6 Å². The molecule has 0 bridgehead atoms. The van der Waals surface area contributed by atoms with Gasteiger partial charge in [-0.1, -0.05) is 20.8 Å². The molecule has 0 unspecified atom stereocenters. The van der Waals surface area contributed by atoms with E-state index in [0.717, 1.165) is 0 Å². The van der Waals surface area contributed by atoms with Crippen molar-refractivity contribution in [2.75, 3.05) is 13.1 Å². The predicted molar refractivity (Wildman–Crippen MR) is 72.9 cm³/mol. The van der Waals surface area contributed by atoms with Crippen LogP contribution in [0.4, 0.5) is 4.79 Å². The number of carboxylic acid groups (broad SMARTS) is 1. The first-order chi connectivity index (χ1) is 9.12. The second kappa shape index (κ2) is 6.11. The molecule has 7 nitrogen and oxygen atoms in total. The Kier molecular flexibility index (Phi) is 4.97. The van der Waals surface area contributed by atoms with Crippen LogP contribution < -0.4 is 11.1 Å². The maximum atomic E-state index is 12.1. The fourth-order valence-electron chi connectivity index (χ4n) is 2.23. The van der Waals surface area contributed by atoms with Crippen LogP contribution in [0.25, 0.3) is 0 Å². The monoisotopic (exact) mass is 285 g/mol. The average molecular weight is 285 g/mol. The number of likely N-dealkylation sites (tertiary alicyclic amines) is 1. The van der Waals surface area contributed by atoms with Crippen LogP contribution in [0.3, 0.4) is 0 Å². The van der Waals surface area contributed by atoms with E-state index in [4.69, 9.17) is 5.73 Å². The second-order valence-corrected chi connectivity index (χ2v) is 6.25. The molecule has 4 N–H and O–H groups in total. The number of carboxylic acids is 1. The van der Waals surface area contributed by atoms with Gasteiger partial charge in [0, 0.05) is 19.0 Å². The summed E-state index contributed by atoms with van der Waals surface area (Å²) in [6.45, 7) is 6.09. The normalized spacial score (nSPS) is 18.4. The van der Waals surface area contributed by atoms with Crippen molar-refractivity contribution in [1.29, 1.82) is 0 Å². The zero-order valence-corrected chi connectivity index (χ0v) is 12.2. The number of amides is 3. The molecule has 3 amide bonds. The zero-order valence-electron chi connectivity index (χ0n) is 12.2. The third kappa shape index (κ3) is 4.11. The van der Waals surface area contributed by atoms with E-state index in [1.807, 2.05) is 0 Å². The summed E-state index contributed by atoms with van der Waals surface area (Å²) in [4.78, 5) is 35.9. The fraction of sp³-hybridized carbons (Fsp3) is 0.769. The predicted octanol–water partition coefficient (Wildman–Crippen LogP) is 0.393. The number of hydrogen-bond donors (Lipinski definition) is 3. The van der Waals surface area contributed by atoms with Crippen LogP contribution in [0.2, 0.25) is 0 Å². The lowest BCUT2D eigenvalue weighted by atomic mass is 9.87. The number of nitrogens with zero attached hydrogens (tertiary/aromatic N) is 1. The molecule has 0 aromatic rings. The highest BCUT2D eigenvalue weighted by Gasteiger charge is 2.34. The Morgan fingerprint density at radius 2 is 1.75 bits per heavy atom. The average Bonchev–Trinajstić information content (AvgIpc) is 2.33. The Hall–Kier alpha value is -1.79. The van der Waals surface area contributed by atoms with E-state index >= 15 is 0 Å². The summed E-state index contributed by atoms with van der Waals surface area (Å²) in [5, 5.41) is 11.7. The summed E-state index contributed by atoms with van der Waals surface area (Å²) in [5.41, 5.74) is 4.65. The van der Waals surface area contributed by atoms with Crippen LogP contribution >= 0.6 is 0 Å². The third-order valence-corrected chi connectivity index (χ3v) is 3.57. The number of aliphatic carboxylic acids is 1. The minimum absolute atomic E-state index is 0.197. The number of nitrogens with one attached hydrogen (secondary N) is 1. The van der Waals surface area contributed by atoms with Gasteiger partial charge in [0.15, 0.2) is 0 Å². The molecule has 1 heterocycles. The number of rotatable bonds is 3. The van der Waals surface area contributed by atoms with Crippen LogP contribution in [0.5, 0.6) is 0 Å². The van der Waals surface area contributed by atoms with E-state index in [1.54, 1.807) is 20.8 Å². The van der Waals surface area contributed by atoms with E-state index in [1.165, 1.54) is 4.90 Å². The maximum absolute atomic E-state index is 12.1. The van der Waals surface area contributed by atoms with Crippen molar-refractivity contribution in [1.82, 2.24) is 10.2 Å². The quantitative estimate of drug-likeness (QED) is 0.696. The van der Waals surface area contributed by atoms with Gasteiger partial charge in [0.2, 0.25) is 5.91 Å². The van der Waals surface area contributed by atoms with Crippen molar-refractivity contribution in [3.05, 3.63) is 0 Å². The molecular formula is C13H23N3O4. The zero-order chi connectivity index (χ0) is 15.5. The number of nitrogens with two attached hydrogens (primary N) is 1. The minimum Gasteiger partial charge on any atom is -0.480 e. The van der Waals surface area contributed by atoms with Gasteiger partial charge < -0.3 is 21.1 Å². The molecule has 0 spiro atoms. The van der Waals surface area contributed by atoms with E-state index in [9.17, 15) is 19.5 Å². The number of carbonyl (C=O) groups is 3. The van der Waals surface area contributed by atoms with E-state index in [2.05, 4.69) is 5.32 Å². The number of urea groups is 1. The lowest BCUT2D eigenvalue weighted by Gasteiger charge is -2.34. The van der Waals surface area contributed by atoms with Crippen LogP contribution in [-0.4, -0.2) is 47.0 Å². The smallest absolute Gasteiger partial charge is 0.326 e. The molecular weight excluding hydrogens is 262 g/mol. The third-order valence-electron chi connectivity index (χ3n) is 3.57. The van der Waals surface area contributed by atoms with Gasteiger partial charge in [-0.15, -0.1) is 0 Å². The lowest BCUT2D eigenvalue weighted by molar-refractivity contribution is -0.142. The van der Waals surface area contributed by atoms with Crippen LogP contribution in [0, 0.1) is 11.3 Å². The Labute approximate surface area is 118 Å². The molecule has 20 heavy (non-hydrogen) atoms. The SMILES string of the molecule is CC(C)(C)[C@H](NC(=O)N1CCC(C(N)=O)CC1)C(=O)O. The summed E-state index contributed by atoms with van der Waals surface area (Å²) in [6, 6.07) is -1.36. The topological polar surface area (TPSA) is 113 Å². The first-order valence-corrected chi connectivity index (χ1v) is 6.70. The van der Waals surface area contributed by atoms with Gasteiger partial charge in [0.1, 0.15) is 6.04 Å². The molecule has 0 aromatic carbocycles. The first kappa shape index (κ1) is 16.3. The van der Waals surface area contributed by atoms with Gasteiger partial charge in [-0.2, -0.15) is 0 Å². The van der Waals surface area contributed by atoms with Gasteiger partial charge in [0.25, 0.3) is 0 Å². The summed E-state index contributed by atoms with van der Waals surface area (Å²) >= 11 is 0. The molecule has 0 radical (unpaired) electrons. The number of hydrogen-bond acceptors (Lipinski definition) is 3. The van der Waals surface area contributed by atoms with Crippen molar-refractivity contribution in [3.8, 4) is 0 Å². The van der Waals surface area contributed by atoms with Crippen molar-refractivity contribution >= 4 is 17.9 Å². The molecule has 1 fully saturated rings. The lowest BCUT2D eigenvalue weighted by Crippen LogP contribution is -2.55. The Balaban J connectivity index is 2.59. The number of primary amides is 1. The molecule has 114 valence electrons. The standard InChI is InChI=1S/C13H23N3O4/c1-13(2,3)9(11(18)19)15-12(20)16-6-4-8(5-7-16)10(14)17/h8-9H,4-7H2,1-3H3,(H2,14,17)(H,15,20)(H,18,19)/t9-/m1/s1. The summed E-state index contributed by atoms with van der Waals surface area (Å²) < 4.78 is 0. The summed E-state index contributed by atoms with van der Waals surface area (Å²) in [7, 11) is 0. The number of piperidine rings is 1. The van der Waals surface area contributed by atoms with Crippen LogP contribution in [0.15, 0.2) is 0 Å². The van der Waals surface area contributed by atoms with E-state index in [0.29, 0.717) is 25.9 Å². The fourth-order valence-corrected chi connectivity index (χ4v) is 2.23.